The topological polar surface area (TPSA) is 30.5 Å². The largest absolute Gasteiger partial charge is 0.573 e. The van der Waals surface area contributed by atoms with E-state index < -0.39 is 6.36 Å². The van der Waals surface area contributed by atoms with Crippen molar-refractivity contribution in [2.24, 2.45) is 5.41 Å². The lowest BCUT2D eigenvalue weighted by molar-refractivity contribution is -0.274. The van der Waals surface area contributed by atoms with Crippen molar-refractivity contribution >= 4 is 0 Å². The Labute approximate surface area is 122 Å². The fourth-order valence-electron chi connectivity index (χ4n) is 2.84. The highest BCUT2D eigenvalue weighted by atomic mass is 19.4. The standard InChI is InChI=1S/C15H20F3NO2/c1-19-11-14(6-8-20-9-7-14)10-12-2-4-13(5-3-12)21-15(16,17)18/h2-5,19H,6-11H2,1H3. The predicted molar refractivity (Wildman–Crippen MR) is 73.2 cm³/mol. The lowest BCUT2D eigenvalue weighted by Gasteiger charge is -2.37. The number of alkyl halides is 3. The van der Waals surface area contributed by atoms with Crippen LogP contribution in [0.5, 0.6) is 5.75 Å². The first-order chi connectivity index (χ1) is 9.92. The van der Waals surface area contributed by atoms with Crippen LogP contribution in [0.1, 0.15) is 18.4 Å². The predicted octanol–water partition coefficient (Wildman–Crippen LogP) is 3.14. The van der Waals surface area contributed by atoms with E-state index in [9.17, 15) is 13.2 Å². The second-order valence-electron chi connectivity index (χ2n) is 5.51. The molecule has 118 valence electrons. The Morgan fingerprint density at radius 1 is 1.19 bits per heavy atom. The van der Waals surface area contributed by atoms with Gasteiger partial charge in [0, 0.05) is 19.8 Å². The van der Waals surface area contributed by atoms with Gasteiger partial charge in [-0.1, -0.05) is 12.1 Å². The van der Waals surface area contributed by atoms with Gasteiger partial charge in [0.15, 0.2) is 0 Å². The van der Waals surface area contributed by atoms with Crippen molar-refractivity contribution in [2.75, 3.05) is 26.8 Å². The summed E-state index contributed by atoms with van der Waals surface area (Å²) >= 11 is 0. The van der Waals surface area contributed by atoms with E-state index in [0.29, 0.717) is 0 Å². The van der Waals surface area contributed by atoms with Gasteiger partial charge in [-0.25, -0.2) is 0 Å². The summed E-state index contributed by atoms with van der Waals surface area (Å²) in [5, 5.41) is 3.21. The van der Waals surface area contributed by atoms with E-state index in [0.717, 1.165) is 44.6 Å². The molecule has 1 aliphatic heterocycles. The Kier molecular flexibility index (Phi) is 5.11. The first-order valence-corrected chi connectivity index (χ1v) is 7.00. The van der Waals surface area contributed by atoms with Crippen LogP contribution in [0.3, 0.4) is 0 Å². The van der Waals surface area contributed by atoms with Crippen LogP contribution in [0.4, 0.5) is 13.2 Å². The van der Waals surface area contributed by atoms with Gasteiger partial charge in [0.1, 0.15) is 5.75 Å². The van der Waals surface area contributed by atoms with E-state index in [1.807, 2.05) is 7.05 Å². The molecule has 1 heterocycles. The average Bonchev–Trinajstić information content (AvgIpc) is 2.41. The maximum atomic E-state index is 12.1. The summed E-state index contributed by atoms with van der Waals surface area (Å²) in [6.45, 7) is 2.34. The average molecular weight is 303 g/mol. The van der Waals surface area contributed by atoms with Crippen molar-refractivity contribution in [1.29, 1.82) is 0 Å². The molecule has 0 bridgehead atoms. The summed E-state index contributed by atoms with van der Waals surface area (Å²) in [5.41, 5.74) is 1.13. The molecule has 21 heavy (non-hydrogen) atoms. The third-order valence-electron chi connectivity index (χ3n) is 3.84. The van der Waals surface area contributed by atoms with Gasteiger partial charge < -0.3 is 14.8 Å². The molecule has 0 radical (unpaired) electrons. The number of hydrogen-bond donors (Lipinski definition) is 1. The fraction of sp³-hybridized carbons (Fsp3) is 0.600. The van der Waals surface area contributed by atoms with E-state index in [4.69, 9.17) is 4.74 Å². The zero-order valence-electron chi connectivity index (χ0n) is 12.0. The highest BCUT2D eigenvalue weighted by Crippen LogP contribution is 2.34. The van der Waals surface area contributed by atoms with Crippen LogP contribution in [0.25, 0.3) is 0 Å². The minimum Gasteiger partial charge on any atom is -0.406 e. The maximum absolute atomic E-state index is 12.1. The van der Waals surface area contributed by atoms with Crippen molar-refractivity contribution in [1.82, 2.24) is 5.32 Å². The number of benzene rings is 1. The Bertz CT molecular complexity index is 434. The Balaban J connectivity index is 2.04. The van der Waals surface area contributed by atoms with Crippen molar-refractivity contribution in [3.05, 3.63) is 29.8 Å². The van der Waals surface area contributed by atoms with Crippen molar-refractivity contribution in [2.45, 2.75) is 25.6 Å². The molecule has 1 aliphatic rings. The van der Waals surface area contributed by atoms with E-state index in [2.05, 4.69) is 10.1 Å². The van der Waals surface area contributed by atoms with Crippen LogP contribution in [0.2, 0.25) is 0 Å². The monoisotopic (exact) mass is 303 g/mol. The summed E-state index contributed by atoms with van der Waals surface area (Å²) in [7, 11) is 1.91. The second-order valence-corrected chi connectivity index (χ2v) is 5.51. The number of halogens is 3. The highest BCUT2D eigenvalue weighted by molar-refractivity contribution is 5.28. The zero-order valence-corrected chi connectivity index (χ0v) is 12.0. The Morgan fingerprint density at radius 2 is 1.81 bits per heavy atom. The van der Waals surface area contributed by atoms with Gasteiger partial charge in [-0.3, -0.25) is 0 Å². The van der Waals surface area contributed by atoms with Crippen LogP contribution in [0.15, 0.2) is 24.3 Å². The van der Waals surface area contributed by atoms with Gasteiger partial charge in [-0.15, -0.1) is 13.2 Å². The van der Waals surface area contributed by atoms with Gasteiger partial charge in [-0.05, 0) is 49.4 Å². The lowest BCUT2D eigenvalue weighted by Crippen LogP contribution is -2.39. The minimum absolute atomic E-state index is 0.111. The molecule has 3 nitrogen and oxygen atoms in total. The SMILES string of the molecule is CNCC1(Cc2ccc(OC(F)(F)F)cc2)CCOCC1. The molecule has 1 fully saturated rings. The van der Waals surface area contributed by atoms with Crippen molar-refractivity contribution in [3.63, 3.8) is 0 Å². The number of nitrogens with one attached hydrogen (secondary N) is 1. The first-order valence-electron chi connectivity index (χ1n) is 7.00. The van der Waals surface area contributed by atoms with Crippen molar-refractivity contribution in [3.8, 4) is 5.75 Å². The van der Waals surface area contributed by atoms with Gasteiger partial charge in [-0.2, -0.15) is 0 Å². The minimum atomic E-state index is -4.64. The van der Waals surface area contributed by atoms with Crippen LogP contribution in [0, 0.1) is 5.41 Å². The van der Waals surface area contributed by atoms with Gasteiger partial charge in [0.05, 0.1) is 0 Å². The molecule has 0 saturated carbocycles. The maximum Gasteiger partial charge on any atom is 0.573 e. The second kappa shape index (κ2) is 6.66. The van der Waals surface area contributed by atoms with E-state index in [-0.39, 0.29) is 11.2 Å². The molecule has 0 atom stereocenters. The summed E-state index contributed by atoms with van der Waals surface area (Å²) in [6, 6.07) is 6.15. The normalized spacial score (nSPS) is 18.5. The zero-order chi connectivity index (χ0) is 15.3. The number of ether oxygens (including phenoxy) is 2. The molecule has 0 spiro atoms. The third kappa shape index (κ3) is 4.89. The van der Waals surface area contributed by atoms with Crippen LogP contribution in [-0.4, -0.2) is 33.2 Å². The first kappa shape index (κ1) is 16.1. The molecule has 1 N–H and O–H groups in total. The molecule has 1 aromatic rings. The molecular weight excluding hydrogens is 283 g/mol. The van der Waals surface area contributed by atoms with Gasteiger partial charge in [0.2, 0.25) is 0 Å². The summed E-state index contributed by atoms with van der Waals surface area (Å²) < 4.78 is 45.7. The summed E-state index contributed by atoms with van der Waals surface area (Å²) in [4.78, 5) is 0. The Morgan fingerprint density at radius 3 is 2.33 bits per heavy atom. The van der Waals surface area contributed by atoms with Gasteiger partial charge in [0.25, 0.3) is 0 Å². The lowest BCUT2D eigenvalue weighted by atomic mass is 9.75. The molecular formula is C15H20F3NO2. The van der Waals surface area contributed by atoms with E-state index in [1.54, 1.807) is 12.1 Å². The number of rotatable bonds is 5. The fourth-order valence-corrected chi connectivity index (χ4v) is 2.84. The van der Waals surface area contributed by atoms with E-state index >= 15 is 0 Å². The summed E-state index contributed by atoms with van der Waals surface area (Å²) in [5.74, 6) is -0.180. The third-order valence-corrected chi connectivity index (χ3v) is 3.84. The van der Waals surface area contributed by atoms with Crippen LogP contribution in [-0.2, 0) is 11.2 Å². The van der Waals surface area contributed by atoms with Crippen LogP contribution < -0.4 is 10.1 Å². The van der Waals surface area contributed by atoms with Crippen LogP contribution >= 0.6 is 0 Å². The molecule has 0 unspecified atom stereocenters. The molecule has 6 heteroatoms. The van der Waals surface area contributed by atoms with E-state index in [1.165, 1.54) is 12.1 Å². The number of hydrogen-bond acceptors (Lipinski definition) is 3. The molecule has 0 aromatic heterocycles. The van der Waals surface area contributed by atoms with Crippen molar-refractivity contribution < 1.29 is 22.6 Å². The Hall–Kier alpha value is -1.27. The molecule has 1 aromatic carbocycles. The molecule has 0 aliphatic carbocycles. The molecule has 1 saturated heterocycles. The molecule has 2 rings (SSSR count). The highest BCUT2D eigenvalue weighted by Gasteiger charge is 2.33. The smallest absolute Gasteiger partial charge is 0.406 e. The molecule has 0 amide bonds. The quantitative estimate of drug-likeness (QED) is 0.906. The summed E-state index contributed by atoms with van der Waals surface area (Å²) in [6.07, 6.45) is -1.91. The van der Waals surface area contributed by atoms with Gasteiger partial charge >= 0.3 is 6.36 Å².